The lowest BCUT2D eigenvalue weighted by atomic mass is 9.94. The van der Waals surface area contributed by atoms with Crippen molar-refractivity contribution in [2.45, 2.75) is 57.6 Å². The van der Waals surface area contributed by atoms with E-state index in [0.29, 0.717) is 6.26 Å². The molecule has 0 fully saturated rings. The summed E-state index contributed by atoms with van der Waals surface area (Å²) in [7, 11) is -3.67. The number of hydrogen-bond donors (Lipinski definition) is 2. The number of ether oxygens (including phenoxy) is 2. The average Bonchev–Trinajstić information content (AvgIpc) is 2.65. The predicted molar refractivity (Wildman–Crippen MR) is 143 cm³/mol. The zero-order valence-electron chi connectivity index (χ0n) is 20.8. The quantitative estimate of drug-likeness (QED) is 0.292. The van der Waals surface area contributed by atoms with Crippen LogP contribution in [0.5, 0.6) is 11.5 Å². The first-order chi connectivity index (χ1) is 15.5. The molecule has 0 bridgehead atoms. The highest BCUT2D eigenvalue weighted by molar-refractivity contribution is 7.85. The minimum Gasteiger partial charge on any atom is -0.488 e. The van der Waals surface area contributed by atoms with E-state index in [4.69, 9.17) is 26.7 Å². The minimum absolute atomic E-state index is 0.214. The Kier molecular flexibility index (Phi) is 8.86. The number of rotatable bonds is 4. The summed E-state index contributed by atoms with van der Waals surface area (Å²) in [6.07, 6.45) is 0.715. The summed E-state index contributed by atoms with van der Waals surface area (Å²) in [5, 5.41) is 0. The van der Waals surface area contributed by atoms with E-state index in [1.807, 2.05) is 36.4 Å². The molecule has 0 heterocycles. The van der Waals surface area contributed by atoms with Gasteiger partial charge >= 0.3 is 0 Å². The van der Waals surface area contributed by atoms with Crippen molar-refractivity contribution in [3.8, 4) is 33.8 Å². The number of hydrogen-bond acceptors (Lipinski definition) is 5. The molecule has 5 nitrogen and oxygen atoms in total. The molecule has 0 saturated carbocycles. The fraction of sp³-hybridized carbons (Fsp3) is 0.333. The van der Waals surface area contributed by atoms with Crippen molar-refractivity contribution < 1.29 is 22.4 Å². The topological polar surface area (TPSA) is 72.8 Å². The normalized spacial score (nSPS) is 11.9. The maximum atomic E-state index is 9.19. The highest BCUT2D eigenvalue weighted by Gasteiger charge is 2.15. The molecule has 0 aliphatic carbocycles. The largest absolute Gasteiger partial charge is 0.488 e. The van der Waals surface area contributed by atoms with Crippen LogP contribution in [0, 0.1) is 0 Å². The second-order valence-corrected chi connectivity index (χ2v) is 11.9. The fourth-order valence-electron chi connectivity index (χ4n) is 3.18. The lowest BCUT2D eigenvalue weighted by Crippen LogP contribution is -2.22. The Balaban J connectivity index is 0.000000739. The first kappa shape index (κ1) is 27.8. The van der Waals surface area contributed by atoms with Gasteiger partial charge in [0.05, 0.1) is 6.26 Å². The lowest BCUT2D eigenvalue weighted by molar-refractivity contribution is 0.130. The molecular formula is C27H34O5S2. The highest BCUT2D eigenvalue weighted by Crippen LogP contribution is 2.38. The second kappa shape index (κ2) is 10.8. The van der Waals surface area contributed by atoms with Crippen molar-refractivity contribution in [3.05, 3.63) is 66.7 Å². The molecule has 0 aliphatic heterocycles. The van der Waals surface area contributed by atoms with Crippen molar-refractivity contribution >= 4 is 22.7 Å². The van der Waals surface area contributed by atoms with Gasteiger partial charge in [0.2, 0.25) is 0 Å². The molecule has 0 saturated heterocycles. The molecular weight excluding hydrogens is 468 g/mol. The molecule has 34 heavy (non-hydrogen) atoms. The average molecular weight is 503 g/mol. The maximum Gasteiger partial charge on any atom is 0.261 e. The summed E-state index contributed by atoms with van der Waals surface area (Å²) in [6, 6.07) is 22.7. The Morgan fingerprint density at radius 2 is 1.09 bits per heavy atom. The molecule has 7 heteroatoms. The Bertz CT molecular complexity index is 1180. The molecule has 0 spiro atoms. The molecule has 3 aromatic rings. The Morgan fingerprint density at radius 1 is 0.706 bits per heavy atom. The van der Waals surface area contributed by atoms with Gasteiger partial charge in [-0.25, -0.2) is 0 Å². The van der Waals surface area contributed by atoms with Gasteiger partial charge in [0.15, 0.2) is 0 Å². The highest BCUT2D eigenvalue weighted by atomic mass is 32.2. The van der Waals surface area contributed by atoms with Crippen LogP contribution in [0.25, 0.3) is 22.3 Å². The zero-order valence-corrected chi connectivity index (χ0v) is 22.5. The van der Waals surface area contributed by atoms with Crippen LogP contribution in [0.3, 0.4) is 0 Å². The van der Waals surface area contributed by atoms with E-state index < -0.39 is 10.1 Å². The monoisotopic (exact) mass is 502 g/mol. The van der Waals surface area contributed by atoms with Crippen LogP contribution in [0.1, 0.15) is 41.5 Å². The minimum atomic E-state index is -3.67. The standard InChI is InChI=1S/C26H30O2S.CH4O3S/c1-25(2,3)27-20-14-10-18(11-15-20)22-8-7-9-23(29)24(22)19-12-16-21(17-13-19)28-26(4,5)6;1-5(2,3)4/h7-17,29H,1-6H3;1H3,(H,2,3,4). The molecule has 3 rings (SSSR count). The zero-order chi connectivity index (χ0) is 25.7. The first-order valence-electron chi connectivity index (χ1n) is 10.9. The van der Waals surface area contributed by atoms with Crippen LogP contribution in [0.2, 0.25) is 0 Å². The van der Waals surface area contributed by atoms with Gasteiger partial charge in [0, 0.05) is 10.5 Å². The molecule has 1 N–H and O–H groups in total. The molecule has 0 amide bonds. The summed E-state index contributed by atoms with van der Waals surface area (Å²) in [5.74, 6) is 1.73. The molecule has 184 valence electrons. The lowest BCUT2D eigenvalue weighted by Gasteiger charge is -2.22. The molecule has 0 radical (unpaired) electrons. The third-order valence-corrected chi connectivity index (χ3v) is 4.57. The van der Waals surface area contributed by atoms with Crippen LogP contribution < -0.4 is 9.47 Å². The maximum absolute atomic E-state index is 9.19. The molecule has 0 aliphatic rings. The van der Waals surface area contributed by atoms with Gasteiger partial charge < -0.3 is 9.47 Å². The third-order valence-electron chi connectivity index (χ3n) is 4.20. The van der Waals surface area contributed by atoms with Gasteiger partial charge in [0.1, 0.15) is 22.7 Å². The summed E-state index contributed by atoms with van der Waals surface area (Å²) in [4.78, 5) is 0.946. The molecule has 3 aromatic carbocycles. The van der Waals surface area contributed by atoms with E-state index in [-0.39, 0.29) is 11.2 Å². The summed E-state index contributed by atoms with van der Waals surface area (Å²) in [6.45, 7) is 12.3. The van der Waals surface area contributed by atoms with E-state index in [1.54, 1.807) is 0 Å². The van der Waals surface area contributed by atoms with Gasteiger partial charge in [0.25, 0.3) is 10.1 Å². The summed E-state index contributed by atoms with van der Waals surface area (Å²) >= 11 is 4.74. The van der Waals surface area contributed by atoms with E-state index in [1.165, 1.54) is 0 Å². The van der Waals surface area contributed by atoms with Gasteiger partial charge in [-0.2, -0.15) is 8.42 Å². The molecule has 0 unspecified atom stereocenters. The Hall–Kier alpha value is -2.48. The van der Waals surface area contributed by atoms with Crippen LogP contribution in [0.4, 0.5) is 0 Å². The molecule has 0 aromatic heterocycles. The van der Waals surface area contributed by atoms with Crippen molar-refractivity contribution in [2.75, 3.05) is 6.26 Å². The first-order valence-corrected chi connectivity index (χ1v) is 13.1. The van der Waals surface area contributed by atoms with Crippen LogP contribution in [-0.2, 0) is 10.1 Å². The van der Waals surface area contributed by atoms with E-state index in [0.717, 1.165) is 38.6 Å². The van der Waals surface area contributed by atoms with E-state index in [2.05, 4.69) is 71.9 Å². The van der Waals surface area contributed by atoms with Gasteiger partial charge in [-0.15, -0.1) is 12.6 Å². The fourth-order valence-corrected chi connectivity index (χ4v) is 3.52. The van der Waals surface area contributed by atoms with Crippen LogP contribution >= 0.6 is 12.6 Å². The molecule has 0 atom stereocenters. The van der Waals surface area contributed by atoms with Gasteiger partial charge in [-0.3, -0.25) is 4.55 Å². The second-order valence-electron chi connectivity index (χ2n) is 9.91. The van der Waals surface area contributed by atoms with Crippen molar-refractivity contribution in [1.29, 1.82) is 0 Å². The van der Waals surface area contributed by atoms with Crippen LogP contribution in [0.15, 0.2) is 71.6 Å². The SMILES string of the molecule is CC(C)(C)Oc1ccc(-c2cccc(S)c2-c2ccc(OC(C)(C)C)cc2)cc1.CS(=O)(=O)O. The number of thiol groups is 1. The summed E-state index contributed by atoms with van der Waals surface area (Å²) in [5.41, 5.74) is 4.07. The van der Waals surface area contributed by atoms with E-state index >= 15 is 0 Å². The summed E-state index contributed by atoms with van der Waals surface area (Å²) < 4.78 is 37.8. The van der Waals surface area contributed by atoms with Crippen LogP contribution in [-0.4, -0.2) is 30.4 Å². The smallest absolute Gasteiger partial charge is 0.261 e. The van der Waals surface area contributed by atoms with E-state index in [9.17, 15) is 8.42 Å². The van der Waals surface area contributed by atoms with Crippen molar-refractivity contribution in [1.82, 2.24) is 0 Å². The number of benzene rings is 3. The third kappa shape index (κ3) is 9.79. The Morgan fingerprint density at radius 3 is 1.47 bits per heavy atom. The predicted octanol–water partition coefficient (Wildman–Crippen LogP) is 7.17. The Labute approximate surface area is 209 Å². The van der Waals surface area contributed by atoms with Gasteiger partial charge in [-0.1, -0.05) is 36.4 Å². The van der Waals surface area contributed by atoms with Crippen molar-refractivity contribution in [3.63, 3.8) is 0 Å². The van der Waals surface area contributed by atoms with Gasteiger partial charge in [-0.05, 0) is 88.6 Å². The van der Waals surface area contributed by atoms with Crippen molar-refractivity contribution in [2.24, 2.45) is 0 Å².